The number of nitrogens with zero attached hydrogens (tertiary/aromatic N) is 2. The first-order chi connectivity index (χ1) is 13.7. The zero-order valence-corrected chi connectivity index (χ0v) is 16.4. The molecule has 4 aromatic rings. The fraction of sp³-hybridized carbons (Fsp3) is 0. The van der Waals surface area contributed by atoms with Gasteiger partial charge in [-0.1, -0.05) is 78.3 Å². The van der Waals surface area contributed by atoms with Crippen molar-refractivity contribution in [1.82, 2.24) is 4.98 Å². The van der Waals surface area contributed by atoms with E-state index in [2.05, 4.69) is 47.5 Å². The van der Waals surface area contributed by atoms with Crippen molar-refractivity contribution in [2.75, 3.05) is 0 Å². The molecular formula is C24H15ClN2S. The van der Waals surface area contributed by atoms with E-state index in [0.29, 0.717) is 15.6 Å². The van der Waals surface area contributed by atoms with E-state index in [1.165, 1.54) is 22.5 Å². The fourth-order valence-corrected chi connectivity index (χ4v) is 3.78. The van der Waals surface area contributed by atoms with Crippen LogP contribution in [0.3, 0.4) is 0 Å². The molecule has 0 saturated carbocycles. The van der Waals surface area contributed by atoms with Crippen molar-refractivity contribution in [3.8, 4) is 28.5 Å². The second kappa shape index (κ2) is 8.22. The molecule has 4 heteroatoms. The number of halogens is 1. The molecule has 0 amide bonds. The molecule has 134 valence electrons. The van der Waals surface area contributed by atoms with E-state index in [4.69, 9.17) is 11.6 Å². The van der Waals surface area contributed by atoms with Gasteiger partial charge in [-0.15, -0.1) is 11.3 Å². The molecule has 28 heavy (non-hydrogen) atoms. The molecule has 0 radical (unpaired) electrons. The monoisotopic (exact) mass is 398 g/mol. The fourth-order valence-electron chi connectivity index (χ4n) is 2.86. The number of thiazole rings is 1. The molecule has 0 unspecified atom stereocenters. The van der Waals surface area contributed by atoms with Gasteiger partial charge in [0.25, 0.3) is 0 Å². The van der Waals surface area contributed by atoms with Crippen LogP contribution in [0.4, 0.5) is 0 Å². The normalized spacial score (nSPS) is 11.2. The number of hydrogen-bond donors (Lipinski definition) is 0. The molecule has 0 aliphatic carbocycles. The van der Waals surface area contributed by atoms with Crippen molar-refractivity contribution in [2.24, 2.45) is 0 Å². The Kier molecular flexibility index (Phi) is 5.34. The lowest BCUT2D eigenvalue weighted by molar-refractivity contribution is 1.37. The Hall–Kier alpha value is -3.19. The number of hydrogen-bond acceptors (Lipinski definition) is 3. The first-order valence-corrected chi connectivity index (χ1v) is 9.98. The van der Waals surface area contributed by atoms with Crippen LogP contribution in [-0.2, 0) is 0 Å². The quantitative estimate of drug-likeness (QED) is 0.341. The minimum atomic E-state index is 0.541. The van der Waals surface area contributed by atoms with E-state index in [-0.39, 0.29) is 0 Å². The highest BCUT2D eigenvalue weighted by molar-refractivity contribution is 7.11. The summed E-state index contributed by atoms with van der Waals surface area (Å²) in [4.78, 5) is 4.67. The summed E-state index contributed by atoms with van der Waals surface area (Å²) < 4.78 is 0. The first-order valence-electron chi connectivity index (χ1n) is 8.72. The van der Waals surface area contributed by atoms with E-state index in [1.807, 2.05) is 53.9 Å². The smallest absolute Gasteiger partial charge is 0.134 e. The SMILES string of the molecule is N#C/C(=C\c1ccc(Cl)cc1)c1nc(-c2ccc(-c3ccccc3)cc2)cs1. The van der Waals surface area contributed by atoms with Crippen LogP contribution in [-0.4, -0.2) is 4.98 Å². The molecule has 0 aliphatic rings. The third kappa shape index (κ3) is 4.04. The maximum absolute atomic E-state index is 9.56. The molecule has 0 spiro atoms. The van der Waals surface area contributed by atoms with Crippen LogP contribution in [0.25, 0.3) is 34.0 Å². The summed E-state index contributed by atoms with van der Waals surface area (Å²) >= 11 is 7.40. The molecule has 1 heterocycles. The Bertz CT molecular complexity index is 1150. The minimum Gasteiger partial charge on any atom is -0.235 e. The number of aromatic nitrogens is 1. The minimum absolute atomic E-state index is 0.541. The summed E-state index contributed by atoms with van der Waals surface area (Å²) in [6.07, 6.45) is 1.83. The largest absolute Gasteiger partial charge is 0.235 e. The zero-order valence-electron chi connectivity index (χ0n) is 14.8. The number of nitriles is 1. The predicted molar refractivity (Wildman–Crippen MR) is 118 cm³/mol. The molecular weight excluding hydrogens is 384 g/mol. The Balaban J connectivity index is 1.60. The molecule has 2 nitrogen and oxygen atoms in total. The zero-order chi connectivity index (χ0) is 19.3. The summed E-state index contributed by atoms with van der Waals surface area (Å²) in [6.45, 7) is 0. The Morgan fingerprint density at radius 2 is 1.50 bits per heavy atom. The van der Waals surface area contributed by atoms with Gasteiger partial charge in [-0.2, -0.15) is 5.26 Å². The van der Waals surface area contributed by atoms with Gasteiger partial charge in [0.2, 0.25) is 0 Å². The van der Waals surface area contributed by atoms with Gasteiger partial charge < -0.3 is 0 Å². The number of allylic oxidation sites excluding steroid dienone is 1. The van der Waals surface area contributed by atoms with Crippen molar-refractivity contribution in [2.45, 2.75) is 0 Å². The van der Waals surface area contributed by atoms with E-state index >= 15 is 0 Å². The Morgan fingerprint density at radius 3 is 2.18 bits per heavy atom. The Morgan fingerprint density at radius 1 is 0.857 bits per heavy atom. The standard InChI is InChI=1S/C24H15ClN2S/c25-22-12-6-17(7-13-22)14-21(15-26)24-27-23(16-28-24)20-10-8-19(9-11-20)18-4-2-1-3-5-18/h1-14,16H/b21-14+. The molecule has 1 aromatic heterocycles. The van der Waals surface area contributed by atoms with Gasteiger partial charge in [-0.05, 0) is 34.9 Å². The predicted octanol–water partition coefficient (Wildman–Crippen LogP) is 7.19. The van der Waals surface area contributed by atoms with Gasteiger partial charge in [0.15, 0.2) is 0 Å². The second-order valence-electron chi connectivity index (χ2n) is 6.20. The van der Waals surface area contributed by atoms with Crippen molar-refractivity contribution in [1.29, 1.82) is 5.26 Å². The van der Waals surface area contributed by atoms with Gasteiger partial charge in [-0.3, -0.25) is 0 Å². The van der Waals surface area contributed by atoms with E-state index in [1.54, 1.807) is 0 Å². The van der Waals surface area contributed by atoms with Gasteiger partial charge in [0.05, 0.1) is 11.3 Å². The highest BCUT2D eigenvalue weighted by Gasteiger charge is 2.09. The molecule has 4 rings (SSSR count). The van der Waals surface area contributed by atoms with Gasteiger partial charge >= 0.3 is 0 Å². The molecule has 3 aromatic carbocycles. The molecule has 0 fully saturated rings. The van der Waals surface area contributed by atoms with Crippen LogP contribution in [0.1, 0.15) is 10.6 Å². The van der Waals surface area contributed by atoms with Crippen molar-refractivity contribution in [3.05, 3.63) is 99.8 Å². The van der Waals surface area contributed by atoms with Gasteiger partial charge in [-0.25, -0.2) is 4.98 Å². The van der Waals surface area contributed by atoms with E-state index in [9.17, 15) is 5.26 Å². The van der Waals surface area contributed by atoms with E-state index < -0.39 is 0 Å². The molecule has 0 N–H and O–H groups in total. The topological polar surface area (TPSA) is 36.7 Å². The van der Waals surface area contributed by atoms with Crippen LogP contribution in [0.5, 0.6) is 0 Å². The average Bonchev–Trinajstić information content (AvgIpc) is 3.24. The molecule has 0 aliphatic heterocycles. The lowest BCUT2D eigenvalue weighted by atomic mass is 10.0. The van der Waals surface area contributed by atoms with Gasteiger partial charge in [0.1, 0.15) is 11.1 Å². The second-order valence-corrected chi connectivity index (χ2v) is 7.50. The van der Waals surface area contributed by atoms with Crippen LogP contribution in [0.15, 0.2) is 84.2 Å². The van der Waals surface area contributed by atoms with Crippen LogP contribution in [0, 0.1) is 11.3 Å². The van der Waals surface area contributed by atoms with Crippen molar-refractivity contribution < 1.29 is 0 Å². The van der Waals surface area contributed by atoms with Crippen molar-refractivity contribution in [3.63, 3.8) is 0 Å². The van der Waals surface area contributed by atoms with Crippen molar-refractivity contribution >= 4 is 34.6 Å². The van der Waals surface area contributed by atoms with Crippen LogP contribution >= 0.6 is 22.9 Å². The van der Waals surface area contributed by atoms with E-state index in [0.717, 1.165) is 16.8 Å². The molecule has 0 bridgehead atoms. The number of rotatable bonds is 4. The highest BCUT2D eigenvalue weighted by Crippen LogP contribution is 2.29. The lowest BCUT2D eigenvalue weighted by Gasteiger charge is -2.02. The maximum atomic E-state index is 9.56. The lowest BCUT2D eigenvalue weighted by Crippen LogP contribution is -1.84. The first kappa shape index (κ1) is 18.2. The average molecular weight is 399 g/mol. The molecule has 0 saturated heterocycles. The summed E-state index contributed by atoms with van der Waals surface area (Å²) in [5, 5.41) is 12.9. The number of benzene rings is 3. The third-order valence-electron chi connectivity index (χ3n) is 4.32. The van der Waals surface area contributed by atoms with Crippen LogP contribution in [0.2, 0.25) is 5.02 Å². The van der Waals surface area contributed by atoms with Gasteiger partial charge in [0, 0.05) is 16.0 Å². The maximum Gasteiger partial charge on any atom is 0.134 e. The highest BCUT2D eigenvalue weighted by atomic mass is 35.5. The summed E-state index contributed by atoms with van der Waals surface area (Å²) in [7, 11) is 0. The third-order valence-corrected chi connectivity index (χ3v) is 5.45. The summed E-state index contributed by atoms with van der Waals surface area (Å²) in [6, 6.07) is 28.2. The summed E-state index contributed by atoms with van der Waals surface area (Å²) in [5.41, 5.74) is 5.72. The Labute approximate surface area is 173 Å². The summed E-state index contributed by atoms with van der Waals surface area (Å²) in [5.74, 6) is 0. The van der Waals surface area contributed by atoms with Crippen LogP contribution < -0.4 is 0 Å². The molecule has 0 atom stereocenters.